The van der Waals surface area contributed by atoms with Crippen LogP contribution in [0.15, 0.2) is 27.9 Å². The van der Waals surface area contributed by atoms with E-state index in [-0.39, 0.29) is 29.7 Å². The molecule has 0 bridgehead atoms. The van der Waals surface area contributed by atoms with E-state index in [4.69, 9.17) is 4.74 Å². The molecular formula is C24H32N6O8S. The van der Waals surface area contributed by atoms with E-state index in [1.54, 1.807) is 14.0 Å². The third-order valence-electron chi connectivity index (χ3n) is 6.80. The number of nitrogens with one attached hydrogen (secondary N) is 1. The number of ether oxygens (including phenoxy) is 1. The van der Waals surface area contributed by atoms with Crippen LogP contribution in [0.1, 0.15) is 38.8 Å². The van der Waals surface area contributed by atoms with Crippen LogP contribution in [0.4, 0.5) is 0 Å². The maximum absolute atomic E-state index is 13.6. The Balaban J connectivity index is 1.66. The first-order valence-corrected chi connectivity index (χ1v) is 14.2. The van der Waals surface area contributed by atoms with Crippen LogP contribution >= 0.6 is 0 Å². The molecule has 14 nitrogen and oxygen atoms in total. The number of aliphatic hydroxyl groups excluding tert-OH is 1. The molecule has 0 amide bonds. The lowest BCUT2D eigenvalue weighted by molar-refractivity contribution is -0.759. The fourth-order valence-electron chi connectivity index (χ4n) is 4.86. The summed E-state index contributed by atoms with van der Waals surface area (Å²) < 4.78 is 35.7. The molecule has 2 N–H and O–H groups in total. The SMILES string of the molecule is CCCc1nn(C)c2c(=O)nc(-c3cc(S(=O)(=O)N4CCC([C@@H](O)CO[N+](=O)[O-])CC4)ccc3OCC)[nH]c12. The van der Waals surface area contributed by atoms with Crippen LogP contribution in [0.25, 0.3) is 22.4 Å². The van der Waals surface area contributed by atoms with Gasteiger partial charge in [0.2, 0.25) is 10.0 Å². The van der Waals surface area contributed by atoms with Crippen molar-refractivity contribution in [2.75, 3.05) is 26.3 Å². The predicted molar refractivity (Wildman–Crippen MR) is 140 cm³/mol. The van der Waals surface area contributed by atoms with Gasteiger partial charge in [0.25, 0.3) is 10.6 Å². The second kappa shape index (κ2) is 11.7. The highest BCUT2D eigenvalue weighted by Crippen LogP contribution is 2.33. The van der Waals surface area contributed by atoms with Gasteiger partial charge in [-0.3, -0.25) is 9.48 Å². The molecule has 0 unspecified atom stereocenters. The van der Waals surface area contributed by atoms with Gasteiger partial charge in [-0.2, -0.15) is 14.4 Å². The Labute approximate surface area is 224 Å². The van der Waals surface area contributed by atoms with Crippen LogP contribution in [0.2, 0.25) is 0 Å². The van der Waals surface area contributed by atoms with Gasteiger partial charge in [0.05, 0.1) is 34.4 Å². The average molecular weight is 565 g/mol. The summed E-state index contributed by atoms with van der Waals surface area (Å²) in [4.78, 5) is 35.0. The summed E-state index contributed by atoms with van der Waals surface area (Å²) in [5.74, 6) is 0.212. The number of rotatable bonds is 11. The highest BCUT2D eigenvalue weighted by atomic mass is 32.2. The zero-order valence-corrected chi connectivity index (χ0v) is 22.8. The molecule has 0 spiro atoms. The Morgan fingerprint density at radius 1 is 1.28 bits per heavy atom. The maximum Gasteiger partial charge on any atom is 0.299 e. The molecule has 212 valence electrons. The number of benzene rings is 1. The van der Waals surface area contributed by atoms with Gasteiger partial charge in [0, 0.05) is 20.1 Å². The van der Waals surface area contributed by atoms with Crippen molar-refractivity contribution in [2.45, 2.75) is 50.5 Å². The third-order valence-corrected chi connectivity index (χ3v) is 8.70. The molecule has 1 saturated heterocycles. The van der Waals surface area contributed by atoms with E-state index in [1.807, 2.05) is 6.92 Å². The number of aliphatic hydroxyl groups is 1. The van der Waals surface area contributed by atoms with Gasteiger partial charge >= 0.3 is 0 Å². The Morgan fingerprint density at radius 2 is 2.00 bits per heavy atom. The summed E-state index contributed by atoms with van der Waals surface area (Å²) >= 11 is 0. The molecule has 1 aromatic carbocycles. The maximum atomic E-state index is 13.6. The first-order chi connectivity index (χ1) is 18.6. The highest BCUT2D eigenvalue weighted by molar-refractivity contribution is 7.89. The summed E-state index contributed by atoms with van der Waals surface area (Å²) in [5, 5.41) is 24.0. The van der Waals surface area contributed by atoms with Crippen molar-refractivity contribution in [1.82, 2.24) is 24.1 Å². The largest absolute Gasteiger partial charge is 0.493 e. The molecular weight excluding hydrogens is 532 g/mol. The minimum Gasteiger partial charge on any atom is -0.493 e. The number of sulfonamides is 1. The van der Waals surface area contributed by atoms with Gasteiger partial charge in [-0.25, -0.2) is 8.42 Å². The molecule has 0 aliphatic carbocycles. The van der Waals surface area contributed by atoms with Crippen molar-refractivity contribution in [3.8, 4) is 17.1 Å². The van der Waals surface area contributed by atoms with E-state index in [9.17, 15) is 28.4 Å². The predicted octanol–water partition coefficient (Wildman–Crippen LogP) is 1.64. The Bertz CT molecular complexity index is 1510. The Kier molecular flexibility index (Phi) is 8.51. The van der Waals surface area contributed by atoms with Crippen molar-refractivity contribution < 1.29 is 28.2 Å². The summed E-state index contributed by atoms with van der Waals surface area (Å²) in [6.45, 7) is 3.91. The summed E-state index contributed by atoms with van der Waals surface area (Å²) in [7, 11) is -2.27. The number of fused-ring (bicyclic) bond motifs is 1. The lowest BCUT2D eigenvalue weighted by Crippen LogP contribution is -2.42. The molecule has 3 aromatic rings. The van der Waals surface area contributed by atoms with E-state index >= 15 is 0 Å². The monoisotopic (exact) mass is 564 g/mol. The molecule has 4 rings (SSSR count). The number of aryl methyl sites for hydroxylation is 2. The van der Waals surface area contributed by atoms with Gasteiger partial charge < -0.3 is 19.7 Å². The Hall–Kier alpha value is -3.56. The molecule has 0 radical (unpaired) electrons. The minimum absolute atomic E-state index is 0.000601. The van der Waals surface area contributed by atoms with E-state index in [0.29, 0.717) is 53.9 Å². The number of hydrogen-bond donors (Lipinski definition) is 2. The number of nitrogens with zero attached hydrogens (tertiary/aromatic N) is 5. The molecule has 39 heavy (non-hydrogen) atoms. The van der Waals surface area contributed by atoms with Crippen LogP contribution in [0, 0.1) is 16.0 Å². The van der Waals surface area contributed by atoms with Gasteiger partial charge in [-0.1, -0.05) is 13.3 Å². The molecule has 0 saturated carbocycles. The zero-order valence-electron chi connectivity index (χ0n) is 22.0. The van der Waals surface area contributed by atoms with Gasteiger partial charge in [0.15, 0.2) is 5.52 Å². The van der Waals surface area contributed by atoms with Crippen LogP contribution in [-0.4, -0.2) is 75.1 Å². The third kappa shape index (κ3) is 5.89. The summed E-state index contributed by atoms with van der Waals surface area (Å²) in [6, 6.07) is 4.42. The first-order valence-electron chi connectivity index (χ1n) is 12.7. The summed E-state index contributed by atoms with van der Waals surface area (Å²) in [5.41, 5.74) is 1.43. The van der Waals surface area contributed by atoms with Crippen molar-refractivity contribution in [2.24, 2.45) is 13.0 Å². The van der Waals surface area contributed by atoms with Crippen LogP contribution in [-0.2, 0) is 28.3 Å². The normalized spacial score (nSPS) is 15.9. The second-order valence-corrected chi connectivity index (χ2v) is 11.3. The smallest absolute Gasteiger partial charge is 0.299 e. The molecule has 1 aliphatic heterocycles. The zero-order chi connectivity index (χ0) is 28.3. The molecule has 1 fully saturated rings. The number of aromatic nitrogens is 4. The van der Waals surface area contributed by atoms with Crippen molar-refractivity contribution in [3.63, 3.8) is 0 Å². The second-order valence-electron chi connectivity index (χ2n) is 9.35. The fourth-order valence-corrected chi connectivity index (χ4v) is 6.35. The van der Waals surface area contributed by atoms with Crippen LogP contribution in [0.3, 0.4) is 0 Å². The van der Waals surface area contributed by atoms with Crippen molar-refractivity contribution >= 4 is 21.1 Å². The fraction of sp³-hybridized carbons (Fsp3) is 0.542. The van der Waals surface area contributed by atoms with E-state index in [0.717, 1.165) is 6.42 Å². The average Bonchev–Trinajstić information content (AvgIpc) is 3.23. The topological polar surface area (TPSA) is 183 Å². The summed E-state index contributed by atoms with van der Waals surface area (Å²) in [6.07, 6.45) is 1.03. The van der Waals surface area contributed by atoms with Crippen molar-refractivity contribution in [3.05, 3.63) is 44.4 Å². The lowest BCUT2D eigenvalue weighted by Gasteiger charge is -2.33. The van der Waals surface area contributed by atoms with Gasteiger partial charge in [-0.05, 0) is 50.3 Å². The number of hydrogen-bond acceptors (Lipinski definition) is 10. The molecule has 1 atom stereocenters. The standard InChI is InChI=1S/C24H32N6O8S/c1-4-6-18-21-22(28(3)27-18)24(32)26-23(25-21)17-13-16(7-8-20(17)37-5-2)39(35,36)29-11-9-15(10-12-29)19(31)14-38-30(33)34/h7-8,13,15,19,31H,4-6,9-12,14H2,1-3H3,(H,25,26,32)/t19-/m0/s1. The van der Waals surface area contributed by atoms with Crippen LogP contribution < -0.4 is 10.3 Å². The quantitative estimate of drug-likeness (QED) is 0.256. The minimum atomic E-state index is -3.94. The van der Waals surface area contributed by atoms with E-state index in [1.165, 1.54) is 27.2 Å². The highest BCUT2D eigenvalue weighted by Gasteiger charge is 2.33. The molecule has 2 aromatic heterocycles. The number of piperidine rings is 1. The van der Waals surface area contributed by atoms with Gasteiger partial charge in [-0.15, -0.1) is 10.1 Å². The Morgan fingerprint density at radius 3 is 2.64 bits per heavy atom. The van der Waals surface area contributed by atoms with Crippen LogP contribution in [0.5, 0.6) is 5.75 Å². The van der Waals surface area contributed by atoms with E-state index < -0.39 is 33.4 Å². The number of aromatic amines is 1. The van der Waals surface area contributed by atoms with Crippen molar-refractivity contribution in [1.29, 1.82) is 0 Å². The van der Waals surface area contributed by atoms with E-state index in [2.05, 4.69) is 19.9 Å². The molecule has 3 heterocycles. The van der Waals surface area contributed by atoms with Gasteiger partial charge in [0.1, 0.15) is 18.2 Å². The lowest BCUT2D eigenvalue weighted by atomic mass is 9.93. The first kappa shape index (κ1) is 28.4. The molecule has 1 aliphatic rings. The number of H-pyrrole nitrogens is 1. The molecule has 15 heteroatoms.